The van der Waals surface area contributed by atoms with Gasteiger partial charge in [-0.15, -0.1) is 5.10 Å². The molecule has 1 heterocycles. The zero-order valence-electron chi connectivity index (χ0n) is 10.9. The number of aromatic nitrogens is 3. The Balaban J connectivity index is 1.49. The first kappa shape index (κ1) is 12.3. The molecule has 1 aliphatic rings. The third-order valence-electron chi connectivity index (χ3n) is 3.51. The van der Waals surface area contributed by atoms with Gasteiger partial charge in [0.2, 0.25) is 0 Å². The van der Waals surface area contributed by atoms with Crippen LogP contribution in [0.3, 0.4) is 0 Å². The third kappa shape index (κ3) is 3.00. The lowest BCUT2D eigenvalue weighted by molar-refractivity contribution is 0.597. The Labute approximate surface area is 112 Å². The summed E-state index contributed by atoms with van der Waals surface area (Å²) in [6.07, 6.45) is 3.17. The summed E-state index contributed by atoms with van der Waals surface area (Å²) in [6.45, 7) is 2.09. The Morgan fingerprint density at radius 2 is 2.16 bits per heavy atom. The second-order valence-electron chi connectivity index (χ2n) is 5.00. The molecule has 2 aromatic rings. The van der Waals surface area contributed by atoms with Crippen LogP contribution in [-0.2, 0) is 13.1 Å². The normalized spacial score (nSPS) is 21.5. The highest BCUT2D eigenvalue weighted by molar-refractivity contribution is 5.27. The van der Waals surface area contributed by atoms with E-state index in [2.05, 4.69) is 46.0 Å². The molecule has 0 aliphatic heterocycles. The maximum atomic E-state index is 5.48. The third-order valence-corrected chi connectivity index (χ3v) is 3.51. The minimum absolute atomic E-state index is 0.571. The predicted octanol–water partition coefficient (Wildman–Crippen LogP) is 0.882. The number of nitrogens with zero attached hydrogens (tertiary/aromatic N) is 3. The smallest absolute Gasteiger partial charge is 0.0964 e. The molecule has 0 radical (unpaired) electrons. The van der Waals surface area contributed by atoms with Gasteiger partial charge in [-0.05, 0) is 12.0 Å². The Bertz CT molecular complexity index is 522. The zero-order chi connectivity index (χ0) is 13.1. The van der Waals surface area contributed by atoms with Gasteiger partial charge in [0.15, 0.2) is 0 Å². The van der Waals surface area contributed by atoms with Crippen LogP contribution < -0.4 is 11.1 Å². The average Bonchev–Trinajstić information content (AvgIpc) is 3.10. The fraction of sp³-hybridized carbons (Fsp3) is 0.429. The lowest BCUT2D eigenvalue weighted by Crippen LogP contribution is -2.17. The first-order chi connectivity index (χ1) is 9.36. The van der Waals surface area contributed by atoms with E-state index in [-0.39, 0.29) is 0 Å². The fourth-order valence-corrected chi connectivity index (χ4v) is 2.39. The van der Waals surface area contributed by atoms with E-state index in [1.165, 1.54) is 12.0 Å². The second-order valence-corrected chi connectivity index (χ2v) is 5.00. The number of nitrogens with one attached hydrogen (secondary N) is 1. The van der Waals surface area contributed by atoms with E-state index in [9.17, 15) is 0 Å². The topological polar surface area (TPSA) is 68.8 Å². The van der Waals surface area contributed by atoms with E-state index < -0.39 is 0 Å². The summed E-state index contributed by atoms with van der Waals surface area (Å²) < 4.78 is 1.79. The van der Waals surface area contributed by atoms with Crippen molar-refractivity contribution in [3.8, 4) is 0 Å². The van der Waals surface area contributed by atoms with Crippen molar-refractivity contribution in [1.29, 1.82) is 0 Å². The lowest BCUT2D eigenvalue weighted by Gasteiger charge is -2.01. The highest BCUT2D eigenvalue weighted by atomic mass is 15.4. The van der Waals surface area contributed by atoms with E-state index >= 15 is 0 Å². The highest BCUT2D eigenvalue weighted by Gasteiger charge is 2.37. The number of rotatable bonds is 6. The molecule has 1 aromatic carbocycles. The summed E-state index contributed by atoms with van der Waals surface area (Å²) in [4.78, 5) is 0. The van der Waals surface area contributed by atoms with Crippen LogP contribution in [0.15, 0.2) is 36.5 Å². The summed E-state index contributed by atoms with van der Waals surface area (Å²) in [7, 11) is 0. The van der Waals surface area contributed by atoms with Crippen LogP contribution in [0, 0.1) is 0 Å². The van der Waals surface area contributed by atoms with Crippen molar-refractivity contribution in [2.75, 3.05) is 6.54 Å². The summed E-state index contributed by atoms with van der Waals surface area (Å²) >= 11 is 0. The van der Waals surface area contributed by atoms with Crippen LogP contribution in [0.5, 0.6) is 0 Å². The van der Waals surface area contributed by atoms with E-state index in [0.29, 0.717) is 18.5 Å². The minimum Gasteiger partial charge on any atom is -0.329 e. The minimum atomic E-state index is 0.571. The van der Waals surface area contributed by atoms with Gasteiger partial charge < -0.3 is 11.1 Å². The van der Waals surface area contributed by atoms with Gasteiger partial charge in [0.05, 0.1) is 12.2 Å². The Kier molecular flexibility index (Phi) is 3.57. The van der Waals surface area contributed by atoms with Crippen LogP contribution in [0.4, 0.5) is 0 Å². The molecule has 1 saturated carbocycles. The molecule has 3 rings (SSSR count). The van der Waals surface area contributed by atoms with Crippen molar-refractivity contribution in [2.24, 2.45) is 5.73 Å². The first-order valence-electron chi connectivity index (χ1n) is 6.74. The molecule has 5 nitrogen and oxygen atoms in total. The van der Waals surface area contributed by atoms with Crippen molar-refractivity contribution in [2.45, 2.75) is 31.5 Å². The number of benzene rings is 1. The van der Waals surface area contributed by atoms with Gasteiger partial charge in [-0.1, -0.05) is 35.5 Å². The largest absolute Gasteiger partial charge is 0.329 e. The molecule has 100 valence electrons. The van der Waals surface area contributed by atoms with E-state index in [1.807, 2.05) is 6.20 Å². The summed E-state index contributed by atoms with van der Waals surface area (Å²) in [5.74, 6) is 0.653. The van der Waals surface area contributed by atoms with Gasteiger partial charge >= 0.3 is 0 Å². The van der Waals surface area contributed by atoms with Gasteiger partial charge in [-0.2, -0.15) is 0 Å². The van der Waals surface area contributed by atoms with Crippen LogP contribution in [0.2, 0.25) is 0 Å². The molecule has 0 bridgehead atoms. The molecule has 2 atom stereocenters. The molecular weight excluding hydrogens is 238 g/mol. The van der Waals surface area contributed by atoms with Crippen LogP contribution in [0.25, 0.3) is 0 Å². The van der Waals surface area contributed by atoms with Gasteiger partial charge in [0.25, 0.3) is 0 Å². The molecule has 3 N–H and O–H groups in total. The van der Waals surface area contributed by atoms with Crippen LogP contribution in [-0.4, -0.2) is 27.6 Å². The second kappa shape index (κ2) is 5.50. The van der Waals surface area contributed by atoms with Crippen molar-refractivity contribution in [3.63, 3.8) is 0 Å². The molecule has 1 aromatic heterocycles. The number of hydrogen-bond acceptors (Lipinski definition) is 4. The maximum absolute atomic E-state index is 5.48. The zero-order valence-corrected chi connectivity index (χ0v) is 10.9. The number of nitrogens with two attached hydrogens (primary N) is 1. The van der Waals surface area contributed by atoms with Crippen molar-refractivity contribution < 1.29 is 0 Å². The molecule has 2 unspecified atom stereocenters. The average molecular weight is 257 g/mol. The first-order valence-corrected chi connectivity index (χ1v) is 6.74. The Morgan fingerprint density at radius 1 is 1.32 bits per heavy atom. The quantitative estimate of drug-likeness (QED) is 0.806. The Hall–Kier alpha value is -1.72. The standard InChI is InChI=1S/C14H19N5/c15-6-7-19-10-12(17-18-19)9-16-14-8-13(14)11-4-2-1-3-5-11/h1-5,10,13-14,16H,6-9,15H2. The molecule has 19 heavy (non-hydrogen) atoms. The summed E-state index contributed by atoms with van der Waals surface area (Å²) in [6, 6.07) is 11.2. The van der Waals surface area contributed by atoms with Crippen LogP contribution in [0.1, 0.15) is 23.6 Å². The maximum Gasteiger partial charge on any atom is 0.0964 e. The fourth-order valence-electron chi connectivity index (χ4n) is 2.39. The molecule has 1 fully saturated rings. The lowest BCUT2D eigenvalue weighted by atomic mass is 10.1. The van der Waals surface area contributed by atoms with Gasteiger partial charge in [-0.25, -0.2) is 0 Å². The Morgan fingerprint density at radius 3 is 2.95 bits per heavy atom. The van der Waals surface area contributed by atoms with Gasteiger partial charge in [-0.3, -0.25) is 4.68 Å². The summed E-state index contributed by atoms with van der Waals surface area (Å²) in [5.41, 5.74) is 7.88. The van der Waals surface area contributed by atoms with Crippen molar-refractivity contribution >= 4 is 0 Å². The predicted molar refractivity (Wildman–Crippen MR) is 73.5 cm³/mol. The number of hydrogen-bond donors (Lipinski definition) is 2. The van der Waals surface area contributed by atoms with Crippen molar-refractivity contribution in [3.05, 3.63) is 47.8 Å². The monoisotopic (exact) mass is 257 g/mol. The van der Waals surface area contributed by atoms with Crippen molar-refractivity contribution in [1.82, 2.24) is 20.3 Å². The molecule has 0 saturated heterocycles. The SMILES string of the molecule is NCCn1cc(CNC2CC2c2ccccc2)nn1. The molecule has 5 heteroatoms. The van der Waals surface area contributed by atoms with E-state index in [0.717, 1.165) is 18.8 Å². The van der Waals surface area contributed by atoms with Gasteiger partial charge in [0, 0.05) is 31.2 Å². The van der Waals surface area contributed by atoms with Gasteiger partial charge in [0.1, 0.15) is 0 Å². The van der Waals surface area contributed by atoms with E-state index in [4.69, 9.17) is 5.73 Å². The molecular formula is C14H19N5. The highest BCUT2D eigenvalue weighted by Crippen LogP contribution is 2.40. The molecule has 0 amide bonds. The van der Waals surface area contributed by atoms with E-state index in [1.54, 1.807) is 4.68 Å². The molecule has 0 spiro atoms. The summed E-state index contributed by atoms with van der Waals surface area (Å²) in [5, 5.41) is 11.7. The molecule has 1 aliphatic carbocycles. The van der Waals surface area contributed by atoms with Crippen LogP contribution >= 0.6 is 0 Å².